The van der Waals surface area contributed by atoms with Crippen molar-refractivity contribution in [3.63, 3.8) is 0 Å². The van der Waals surface area contributed by atoms with Gasteiger partial charge in [0.1, 0.15) is 11.4 Å². The van der Waals surface area contributed by atoms with Crippen LogP contribution >= 0.6 is 15.9 Å². The van der Waals surface area contributed by atoms with Crippen LogP contribution in [0, 0.1) is 0 Å². The first-order chi connectivity index (χ1) is 8.90. The zero-order valence-electron chi connectivity index (χ0n) is 10.4. The summed E-state index contributed by atoms with van der Waals surface area (Å²) in [6, 6.07) is 5.05. The first kappa shape index (κ1) is 13.6. The summed E-state index contributed by atoms with van der Waals surface area (Å²) in [4.78, 5) is 10.8. The van der Waals surface area contributed by atoms with Gasteiger partial charge in [-0.25, -0.2) is 4.79 Å². The highest BCUT2D eigenvalue weighted by Gasteiger charge is 2.16. The summed E-state index contributed by atoms with van der Waals surface area (Å²) in [5, 5.41) is 25.3. The van der Waals surface area contributed by atoms with Crippen LogP contribution in [0.25, 0.3) is 11.3 Å². The molecule has 0 radical (unpaired) electrons. The number of benzene rings is 1. The van der Waals surface area contributed by atoms with Gasteiger partial charge in [-0.3, -0.25) is 5.10 Å². The maximum atomic E-state index is 10.8. The molecule has 0 aliphatic rings. The van der Waals surface area contributed by atoms with Crippen molar-refractivity contribution in [3.8, 4) is 17.0 Å². The molecule has 19 heavy (non-hydrogen) atoms. The molecule has 2 aromatic rings. The predicted molar refractivity (Wildman–Crippen MR) is 74.4 cm³/mol. The molecule has 6 heteroatoms. The fraction of sp³-hybridized carbons (Fsp3) is 0.231. The fourth-order valence-electron chi connectivity index (χ4n) is 1.72. The topological polar surface area (TPSA) is 86.2 Å². The van der Waals surface area contributed by atoms with Gasteiger partial charge < -0.3 is 10.2 Å². The van der Waals surface area contributed by atoms with E-state index in [9.17, 15) is 9.90 Å². The van der Waals surface area contributed by atoms with E-state index in [1.807, 2.05) is 26.0 Å². The number of carboxylic acid groups (broad SMARTS) is 1. The van der Waals surface area contributed by atoms with Crippen molar-refractivity contribution in [3.05, 3.63) is 33.9 Å². The lowest BCUT2D eigenvalue weighted by molar-refractivity contribution is 0.0690. The standard InChI is InChI=1S/C13H13BrN2O3/c1-6(2)7-3-8(12(17)9(14)4-7)10-5-11(13(18)19)16-15-10/h3-6,17H,1-2H3,(H,15,16)(H,18,19). The Morgan fingerprint density at radius 1 is 1.37 bits per heavy atom. The number of hydrogen-bond acceptors (Lipinski definition) is 3. The maximum absolute atomic E-state index is 10.8. The minimum absolute atomic E-state index is 0.0135. The van der Waals surface area contributed by atoms with Crippen molar-refractivity contribution in [2.24, 2.45) is 0 Å². The second-order valence-electron chi connectivity index (χ2n) is 4.53. The van der Waals surface area contributed by atoms with Crippen LogP contribution in [-0.2, 0) is 0 Å². The number of rotatable bonds is 3. The number of nitrogens with zero attached hydrogens (tertiary/aromatic N) is 1. The van der Waals surface area contributed by atoms with Crippen molar-refractivity contribution < 1.29 is 15.0 Å². The van der Waals surface area contributed by atoms with Crippen molar-refractivity contribution in [2.75, 3.05) is 0 Å². The van der Waals surface area contributed by atoms with E-state index < -0.39 is 5.97 Å². The number of aromatic amines is 1. The zero-order valence-corrected chi connectivity index (χ0v) is 12.0. The Bertz CT molecular complexity index is 635. The van der Waals surface area contributed by atoms with E-state index in [1.54, 1.807) is 0 Å². The average molecular weight is 325 g/mol. The second-order valence-corrected chi connectivity index (χ2v) is 5.38. The molecule has 0 aliphatic carbocycles. The summed E-state index contributed by atoms with van der Waals surface area (Å²) in [6.07, 6.45) is 0. The van der Waals surface area contributed by atoms with Gasteiger partial charge in [-0.15, -0.1) is 0 Å². The van der Waals surface area contributed by atoms with Crippen LogP contribution in [0.4, 0.5) is 0 Å². The molecule has 0 unspecified atom stereocenters. The molecule has 5 nitrogen and oxygen atoms in total. The van der Waals surface area contributed by atoms with Crippen LogP contribution in [0.5, 0.6) is 5.75 Å². The number of aromatic nitrogens is 2. The number of carbonyl (C=O) groups is 1. The van der Waals surface area contributed by atoms with E-state index in [0.29, 0.717) is 15.7 Å². The zero-order chi connectivity index (χ0) is 14.2. The van der Waals surface area contributed by atoms with Crippen molar-refractivity contribution in [1.29, 1.82) is 0 Å². The molecule has 0 aliphatic heterocycles. The molecule has 2 rings (SSSR count). The van der Waals surface area contributed by atoms with Gasteiger partial charge in [0.05, 0.1) is 10.2 Å². The van der Waals surface area contributed by atoms with Gasteiger partial charge in [0.2, 0.25) is 0 Å². The molecule has 1 aromatic heterocycles. The van der Waals surface area contributed by atoms with E-state index in [2.05, 4.69) is 26.1 Å². The van der Waals surface area contributed by atoms with Crippen LogP contribution in [0.15, 0.2) is 22.7 Å². The number of carboxylic acids is 1. The Morgan fingerprint density at radius 2 is 2.05 bits per heavy atom. The molecule has 0 saturated carbocycles. The molecule has 0 atom stereocenters. The van der Waals surface area contributed by atoms with Crippen molar-refractivity contribution in [1.82, 2.24) is 10.2 Å². The summed E-state index contributed by atoms with van der Waals surface area (Å²) in [6.45, 7) is 4.08. The third-order valence-electron chi connectivity index (χ3n) is 2.84. The molecule has 0 saturated heterocycles. The van der Waals surface area contributed by atoms with Crippen LogP contribution in [0.2, 0.25) is 0 Å². The molecule has 1 aromatic carbocycles. The predicted octanol–water partition coefficient (Wildman–Crippen LogP) is 3.37. The maximum Gasteiger partial charge on any atom is 0.353 e. The third kappa shape index (κ3) is 2.63. The van der Waals surface area contributed by atoms with Crippen LogP contribution in [0.3, 0.4) is 0 Å². The summed E-state index contributed by atoms with van der Waals surface area (Å²) < 4.78 is 0.563. The number of aromatic hydroxyl groups is 1. The summed E-state index contributed by atoms with van der Waals surface area (Å²) >= 11 is 3.29. The number of nitrogens with one attached hydrogen (secondary N) is 1. The second kappa shape index (κ2) is 5.05. The molecule has 0 bridgehead atoms. The van der Waals surface area contributed by atoms with Gasteiger partial charge in [0, 0.05) is 5.56 Å². The Labute approximate surface area is 118 Å². The Morgan fingerprint density at radius 3 is 2.58 bits per heavy atom. The van der Waals surface area contributed by atoms with Gasteiger partial charge >= 0.3 is 5.97 Å². The first-order valence-electron chi connectivity index (χ1n) is 5.71. The van der Waals surface area contributed by atoms with E-state index >= 15 is 0 Å². The van der Waals surface area contributed by atoms with Crippen LogP contribution in [-0.4, -0.2) is 26.4 Å². The molecule has 0 fully saturated rings. The number of phenols is 1. The largest absolute Gasteiger partial charge is 0.506 e. The normalized spacial score (nSPS) is 10.9. The number of H-pyrrole nitrogens is 1. The van der Waals surface area contributed by atoms with Crippen molar-refractivity contribution >= 4 is 21.9 Å². The fourth-order valence-corrected chi connectivity index (χ4v) is 2.20. The third-order valence-corrected chi connectivity index (χ3v) is 3.44. The molecule has 0 spiro atoms. The lowest BCUT2D eigenvalue weighted by Crippen LogP contribution is -1.95. The quantitative estimate of drug-likeness (QED) is 0.807. The Kier molecular flexibility index (Phi) is 3.61. The number of phenolic OH excluding ortho intramolecular Hbond substituents is 1. The van der Waals surface area contributed by atoms with E-state index in [4.69, 9.17) is 5.11 Å². The smallest absolute Gasteiger partial charge is 0.353 e. The monoisotopic (exact) mass is 324 g/mol. The lowest BCUT2D eigenvalue weighted by atomic mass is 9.99. The van der Waals surface area contributed by atoms with E-state index in [1.165, 1.54) is 6.07 Å². The molecular weight excluding hydrogens is 312 g/mol. The average Bonchev–Trinajstić information content (AvgIpc) is 2.81. The Balaban J connectivity index is 2.56. The molecule has 0 amide bonds. The molecule has 1 heterocycles. The van der Waals surface area contributed by atoms with Crippen LogP contribution < -0.4 is 0 Å². The van der Waals surface area contributed by atoms with Crippen molar-refractivity contribution in [2.45, 2.75) is 19.8 Å². The number of aromatic carboxylic acids is 1. The molecular formula is C13H13BrN2O3. The van der Waals surface area contributed by atoms with Crippen LogP contribution in [0.1, 0.15) is 35.8 Å². The highest BCUT2D eigenvalue weighted by Crippen LogP contribution is 2.37. The van der Waals surface area contributed by atoms with Gasteiger partial charge in [-0.2, -0.15) is 5.10 Å². The first-order valence-corrected chi connectivity index (χ1v) is 6.51. The van der Waals surface area contributed by atoms with Gasteiger partial charge in [-0.05, 0) is 45.6 Å². The Hall–Kier alpha value is -1.82. The highest BCUT2D eigenvalue weighted by molar-refractivity contribution is 9.10. The molecule has 100 valence electrons. The highest BCUT2D eigenvalue weighted by atomic mass is 79.9. The van der Waals surface area contributed by atoms with E-state index in [0.717, 1.165) is 5.56 Å². The van der Waals surface area contributed by atoms with Gasteiger partial charge in [0.15, 0.2) is 0 Å². The van der Waals surface area contributed by atoms with E-state index in [-0.39, 0.29) is 17.4 Å². The summed E-state index contributed by atoms with van der Waals surface area (Å²) in [7, 11) is 0. The number of halogens is 1. The minimum Gasteiger partial charge on any atom is -0.506 e. The van der Waals surface area contributed by atoms with Gasteiger partial charge in [0.25, 0.3) is 0 Å². The summed E-state index contributed by atoms with van der Waals surface area (Å²) in [5.74, 6) is -0.751. The molecule has 3 N–H and O–H groups in total. The SMILES string of the molecule is CC(C)c1cc(Br)c(O)c(-c2cc(C(=O)O)[nH]n2)c1. The number of hydrogen-bond donors (Lipinski definition) is 3. The lowest BCUT2D eigenvalue weighted by Gasteiger charge is -2.10. The summed E-state index contributed by atoms with van der Waals surface area (Å²) in [5.41, 5.74) is 1.92. The minimum atomic E-state index is -1.09. The van der Waals surface area contributed by atoms with Gasteiger partial charge in [-0.1, -0.05) is 13.8 Å².